The molecule has 1 N–H and O–H groups in total. The average molecular weight is 368 g/mol. The summed E-state index contributed by atoms with van der Waals surface area (Å²) in [5.74, 6) is 0. The molecule has 2 aromatic carbocycles. The Kier molecular flexibility index (Phi) is 4.99. The van der Waals surface area contributed by atoms with Crippen LogP contribution in [0.1, 0.15) is 10.4 Å². The molecule has 0 saturated heterocycles. The summed E-state index contributed by atoms with van der Waals surface area (Å²) in [6.07, 6.45) is 0. The third-order valence-corrected chi connectivity index (χ3v) is 4.36. The highest BCUT2D eigenvalue weighted by atomic mass is 32.1. The van der Waals surface area contributed by atoms with Crippen molar-refractivity contribution in [3.63, 3.8) is 0 Å². The summed E-state index contributed by atoms with van der Waals surface area (Å²) < 4.78 is 0. The topological polar surface area (TPSA) is 111 Å². The number of anilines is 1. The van der Waals surface area contributed by atoms with Crippen molar-refractivity contribution in [3.8, 4) is 0 Å². The highest BCUT2D eigenvalue weighted by molar-refractivity contribution is 7.12. The Labute approximate surface area is 151 Å². The van der Waals surface area contributed by atoms with Crippen LogP contribution in [0.15, 0.2) is 71.1 Å². The van der Waals surface area contributed by atoms with Crippen molar-refractivity contribution in [3.05, 3.63) is 96.7 Å². The van der Waals surface area contributed by atoms with Gasteiger partial charge in [-0.15, -0.1) is 11.3 Å². The van der Waals surface area contributed by atoms with Gasteiger partial charge in [-0.05, 0) is 17.5 Å². The number of rotatable bonds is 6. The molecule has 26 heavy (non-hydrogen) atoms. The Balaban J connectivity index is 2.01. The van der Waals surface area contributed by atoms with Crippen LogP contribution in [0.4, 0.5) is 17.1 Å². The number of nitro groups is 2. The highest BCUT2D eigenvalue weighted by Gasteiger charge is 2.19. The van der Waals surface area contributed by atoms with Gasteiger partial charge in [0.05, 0.1) is 20.8 Å². The third-order valence-electron chi connectivity index (χ3n) is 3.48. The lowest BCUT2D eigenvalue weighted by Gasteiger charge is -2.07. The molecule has 0 radical (unpaired) electrons. The van der Waals surface area contributed by atoms with Crippen molar-refractivity contribution in [1.82, 2.24) is 0 Å². The number of non-ortho nitro benzene ring substituents is 1. The maximum absolute atomic E-state index is 11.2. The van der Waals surface area contributed by atoms with E-state index in [4.69, 9.17) is 0 Å². The van der Waals surface area contributed by atoms with E-state index in [1.807, 2.05) is 47.8 Å². The van der Waals surface area contributed by atoms with E-state index in [0.29, 0.717) is 5.71 Å². The Morgan fingerprint density at radius 1 is 0.962 bits per heavy atom. The fourth-order valence-corrected chi connectivity index (χ4v) is 3.00. The number of hydrogen-bond acceptors (Lipinski definition) is 7. The molecule has 1 heterocycles. The van der Waals surface area contributed by atoms with Crippen LogP contribution in [0.2, 0.25) is 0 Å². The zero-order valence-corrected chi connectivity index (χ0v) is 14.1. The number of nitro benzene ring substituents is 2. The summed E-state index contributed by atoms with van der Waals surface area (Å²) in [7, 11) is 0. The molecule has 0 fully saturated rings. The van der Waals surface area contributed by atoms with Gasteiger partial charge >= 0.3 is 5.69 Å². The largest absolute Gasteiger partial charge is 0.301 e. The molecular weight excluding hydrogens is 356 g/mol. The SMILES string of the molecule is O=[N+]([O-])c1ccc(N/N=C(\c2ccccc2)c2cccs2)c([N+](=O)[O-])c1. The molecule has 1 aromatic heterocycles. The first kappa shape index (κ1) is 17.2. The van der Waals surface area contributed by atoms with Crippen LogP contribution < -0.4 is 5.43 Å². The molecule has 130 valence electrons. The first-order chi connectivity index (χ1) is 12.6. The van der Waals surface area contributed by atoms with Crippen LogP contribution in [0, 0.1) is 20.2 Å². The van der Waals surface area contributed by atoms with E-state index in [2.05, 4.69) is 10.5 Å². The van der Waals surface area contributed by atoms with Gasteiger partial charge < -0.3 is 0 Å². The van der Waals surface area contributed by atoms with Crippen LogP contribution in [-0.2, 0) is 0 Å². The summed E-state index contributed by atoms with van der Waals surface area (Å²) in [5.41, 5.74) is 3.44. The number of benzene rings is 2. The van der Waals surface area contributed by atoms with E-state index in [1.54, 1.807) is 0 Å². The molecule has 0 saturated carbocycles. The van der Waals surface area contributed by atoms with Gasteiger partial charge in [0.15, 0.2) is 0 Å². The second-order valence-electron chi connectivity index (χ2n) is 5.13. The van der Waals surface area contributed by atoms with Crippen molar-refractivity contribution < 1.29 is 9.85 Å². The fraction of sp³-hybridized carbons (Fsp3) is 0. The molecular formula is C17H12N4O4S. The van der Waals surface area contributed by atoms with Gasteiger partial charge in [-0.1, -0.05) is 36.4 Å². The minimum atomic E-state index is -0.682. The first-order valence-corrected chi connectivity index (χ1v) is 8.30. The Hall–Kier alpha value is -3.59. The van der Waals surface area contributed by atoms with Crippen LogP contribution in [-0.4, -0.2) is 15.6 Å². The van der Waals surface area contributed by atoms with Crippen LogP contribution >= 0.6 is 11.3 Å². The summed E-state index contributed by atoms with van der Waals surface area (Å²) in [6, 6.07) is 16.5. The number of hydrogen-bond donors (Lipinski definition) is 1. The normalized spacial score (nSPS) is 11.2. The summed E-state index contributed by atoms with van der Waals surface area (Å²) in [4.78, 5) is 21.6. The molecule has 0 atom stereocenters. The first-order valence-electron chi connectivity index (χ1n) is 7.42. The fourth-order valence-electron chi connectivity index (χ4n) is 2.27. The quantitative estimate of drug-likeness (QED) is 0.393. The second kappa shape index (κ2) is 7.53. The van der Waals surface area contributed by atoms with Crippen LogP contribution in [0.3, 0.4) is 0 Å². The van der Waals surface area contributed by atoms with E-state index in [0.717, 1.165) is 16.5 Å². The van der Waals surface area contributed by atoms with Gasteiger partial charge in [0, 0.05) is 11.6 Å². The number of thiophene rings is 1. The molecule has 3 aromatic rings. The van der Waals surface area contributed by atoms with Gasteiger partial charge in [0.25, 0.3) is 5.69 Å². The third kappa shape index (κ3) is 3.73. The van der Waals surface area contributed by atoms with Crippen LogP contribution in [0.25, 0.3) is 0 Å². The smallest absolute Gasteiger partial charge is 0.271 e. The van der Waals surface area contributed by atoms with E-state index >= 15 is 0 Å². The predicted octanol–water partition coefficient (Wildman–Crippen LogP) is 4.43. The number of nitrogens with zero attached hydrogens (tertiary/aromatic N) is 3. The van der Waals surface area contributed by atoms with Gasteiger partial charge in [-0.2, -0.15) is 5.10 Å². The van der Waals surface area contributed by atoms with E-state index in [9.17, 15) is 20.2 Å². The molecule has 0 amide bonds. The molecule has 0 bridgehead atoms. The summed E-state index contributed by atoms with van der Waals surface area (Å²) in [6.45, 7) is 0. The lowest BCUT2D eigenvalue weighted by atomic mass is 10.1. The van der Waals surface area contributed by atoms with Gasteiger partial charge in [0.2, 0.25) is 0 Å². The van der Waals surface area contributed by atoms with E-state index in [-0.39, 0.29) is 11.4 Å². The standard InChI is InChI=1S/C17H12N4O4S/c22-20(23)13-8-9-14(15(11-13)21(24)25)18-19-17(16-7-4-10-26-16)12-5-2-1-3-6-12/h1-11,18H/b19-17+. The molecule has 0 aliphatic heterocycles. The van der Waals surface area contributed by atoms with Crippen molar-refractivity contribution in [1.29, 1.82) is 0 Å². The molecule has 8 nitrogen and oxygen atoms in total. The van der Waals surface area contributed by atoms with Gasteiger partial charge in [-0.3, -0.25) is 25.7 Å². The number of hydrazone groups is 1. The molecule has 3 rings (SSSR count). The Morgan fingerprint density at radius 2 is 1.73 bits per heavy atom. The summed E-state index contributed by atoms with van der Waals surface area (Å²) in [5, 5.41) is 28.3. The number of nitrogens with one attached hydrogen (secondary N) is 1. The summed E-state index contributed by atoms with van der Waals surface area (Å²) >= 11 is 1.48. The second-order valence-corrected chi connectivity index (χ2v) is 6.08. The zero-order valence-electron chi connectivity index (χ0n) is 13.2. The molecule has 0 aliphatic carbocycles. The van der Waals surface area contributed by atoms with Gasteiger partial charge in [-0.25, -0.2) is 0 Å². The molecule has 0 spiro atoms. The van der Waals surface area contributed by atoms with Crippen molar-refractivity contribution in [2.45, 2.75) is 0 Å². The molecule has 0 unspecified atom stereocenters. The molecule has 9 heteroatoms. The zero-order chi connectivity index (χ0) is 18.5. The van der Waals surface area contributed by atoms with E-state index < -0.39 is 15.5 Å². The monoisotopic (exact) mass is 368 g/mol. The Bertz CT molecular complexity index is 972. The Morgan fingerprint density at radius 3 is 2.35 bits per heavy atom. The van der Waals surface area contributed by atoms with Crippen molar-refractivity contribution in [2.75, 3.05) is 5.43 Å². The van der Waals surface area contributed by atoms with E-state index in [1.165, 1.54) is 23.5 Å². The van der Waals surface area contributed by atoms with Crippen LogP contribution in [0.5, 0.6) is 0 Å². The molecule has 0 aliphatic rings. The lowest BCUT2D eigenvalue weighted by molar-refractivity contribution is -0.393. The predicted molar refractivity (Wildman–Crippen MR) is 99.8 cm³/mol. The highest BCUT2D eigenvalue weighted by Crippen LogP contribution is 2.29. The van der Waals surface area contributed by atoms with Crippen molar-refractivity contribution in [2.24, 2.45) is 5.10 Å². The maximum Gasteiger partial charge on any atom is 0.301 e. The maximum atomic E-state index is 11.2. The average Bonchev–Trinajstić information content (AvgIpc) is 3.17. The van der Waals surface area contributed by atoms with Gasteiger partial charge in [0.1, 0.15) is 11.4 Å². The van der Waals surface area contributed by atoms with Crippen molar-refractivity contribution >= 4 is 34.1 Å². The minimum absolute atomic E-state index is 0.0746. The minimum Gasteiger partial charge on any atom is -0.271 e. The lowest BCUT2D eigenvalue weighted by Crippen LogP contribution is -2.06.